The second kappa shape index (κ2) is 15.5. The van der Waals surface area contributed by atoms with Crippen LogP contribution in [0.5, 0.6) is 0 Å². The van der Waals surface area contributed by atoms with Crippen LogP contribution in [0.4, 0.5) is 0 Å². The third-order valence-electron chi connectivity index (χ3n) is 6.45. The van der Waals surface area contributed by atoms with E-state index in [4.69, 9.17) is 14.2 Å². The topological polar surface area (TPSA) is 78.9 Å². The average molecular weight is 525 g/mol. The summed E-state index contributed by atoms with van der Waals surface area (Å²) in [7, 11) is -2.00. The molecule has 7 heteroatoms. The summed E-state index contributed by atoms with van der Waals surface area (Å²) in [5.74, 6) is 0.168. The third-order valence-corrected chi connectivity index (χ3v) is 8.69. The Hall–Kier alpha value is -1.70. The van der Waals surface area contributed by atoms with E-state index in [1.165, 1.54) is 0 Å². The molecule has 0 radical (unpaired) electrons. The summed E-state index contributed by atoms with van der Waals surface area (Å²) in [6.45, 7) is 14.7. The molecule has 36 heavy (non-hydrogen) atoms. The lowest BCUT2D eigenvalue weighted by molar-refractivity contribution is -0.153. The fourth-order valence-electron chi connectivity index (χ4n) is 4.00. The maximum Gasteiger partial charge on any atom is 0.311 e. The molecule has 0 aliphatic heterocycles. The standard InChI is InChI=1S/C29H48O6S/c1-22(2)26(20-34-21-33-8)27(36(31,32)25-15-10-9-11-16-25)19-24(4)14-12-13-23(3)17-18-35-28(30)29(5,6)7/h9-11,14-16,22-23,26-27H,12-13,17-21H2,1-8H3/b24-14+/t23-,26+,27?/m0/s1. The van der Waals surface area contributed by atoms with Crippen molar-refractivity contribution in [1.29, 1.82) is 0 Å². The molecule has 0 saturated heterocycles. The Morgan fingerprint density at radius 1 is 1.06 bits per heavy atom. The van der Waals surface area contributed by atoms with Crippen molar-refractivity contribution in [1.82, 2.24) is 0 Å². The van der Waals surface area contributed by atoms with E-state index in [0.29, 0.717) is 30.4 Å². The highest BCUT2D eigenvalue weighted by Gasteiger charge is 2.36. The second-order valence-electron chi connectivity index (χ2n) is 11.2. The molecule has 6 nitrogen and oxygen atoms in total. The lowest BCUT2D eigenvalue weighted by Gasteiger charge is -2.30. The van der Waals surface area contributed by atoms with E-state index in [9.17, 15) is 13.2 Å². The van der Waals surface area contributed by atoms with Crippen LogP contribution in [0, 0.1) is 23.2 Å². The molecule has 0 fully saturated rings. The van der Waals surface area contributed by atoms with Crippen molar-refractivity contribution in [2.75, 3.05) is 27.1 Å². The molecule has 0 aliphatic rings. The Morgan fingerprint density at radius 2 is 1.69 bits per heavy atom. The number of ether oxygens (including phenoxy) is 3. The molecule has 1 rings (SSSR count). The van der Waals surface area contributed by atoms with Crippen molar-refractivity contribution in [2.24, 2.45) is 23.2 Å². The van der Waals surface area contributed by atoms with E-state index in [2.05, 4.69) is 13.0 Å². The van der Waals surface area contributed by atoms with Gasteiger partial charge < -0.3 is 14.2 Å². The summed E-state index contributed by atoms with van der Waals surface area (Å²) in [5.41, 5.74) is 0.575. The van der Waals surface area contributed by atoms with Gasteiger partial charge in [0, 0.05) is 13.0 Å². The molecule has 1 aromatic rings. The molecule has 0 amide bonds. The lowest BCUT2D eigenvalue weighted by Crippen LogP contribution is -2.36. The highest BCUT2D eigenvalue weighted by atomic mass is 32.2. The number of rotatable bonds is 16. The number of methoxy groups -OCH3 is 1. The van der Waals surface area contributed by atoms with E-state index < -0.39 is 20.5 Å². The van der Waals surface area contributed by atoms with Crippen LogP contribution < -0.4 is 0 Å². The molecular weight excluding hydrogens is 476 g/mol. The van der Waals surface area contributed by atoms with Crippen molar-refractivity contribution in [3.63, 3.8) is 0 Å². The Kier molecular flexibility index (Phi) is 13.9. The van der Waals surface area contributed by atoms with Gasteiger partial charge in [0.2, 0.25) is 0 Å². The van der Waals surface area contributed by atoms with Gasteiger partial charge in [-0.25, -0.2) is 8.42 Å². The molecule has 0 aliphatic carbocycles. The predicted octanol–water partition coefficient (Wildman–Crippen LogP) is 6.45. The van der Waals surface area contributed by atoms with E-state index in [1.807, 2.05) is 47.6 Å². The van der Waals surface area contributed by atoms with Gasteiger partial charge in [-0.2, -0.15) is 0 Å². The van der Waals surface area contributed by atoms with Gasteiger partial charge in [0.05, 0.1) is 28.8 Å². The van der Waals surface area contributed by atoms with Crippen molar-refractivity contribution in [3.8, 4) is 0 Å². The zero-order chi connectivity index (χ0) is 27.4. The number of allylic oxidation sites excluding steroid dienone is 2. The minimum Gasteiger partial charge on any atom is -0.465 e. The molecule has 0 N–H and O–H groups in total. The molecule has 3 atom stereocenters. The van der Waals surface area contributed by atoms with Crippen LogP contribution in [0.3, 0.4) is 0 Å². The second-order valence-corrected chi connectivity index (χ2v) is 13.4. The Bertz CT molecular complexity index is 899. The van der Waals surface area contributed by atoms with Crippen molar-refractivity contribution in [2.45, 2.75) is 84.3 Å². The predicted molar refractivity (Wildman–Crippen MR) is 145 cm³/mol. The SMILES string of the molecule is COCOC[C@H](C(C)C)C(C/C(C)=C/CC[C@H](C)CCOC(=O)C(C)(C)C)S(=O)(=O)c1ccccc1. The molecule has 1 aromatic carbocycles. The van der Waals surface area contributed by atoms with Crippen LogP contribution in [0.25, 0.3) is 0 Å². The zero-order valence-electron chi connectivity index (χ0n) is 23.6. The Balaban J connectivity index is 2.88. The summed E-state index contributed by atoms with van der Waals surface area (Å²) in [5, 5.41) is -0.595. The number of hydrogen-bond donors (Lipinski definition) is 0. The van der Waals surface area contributed by atoms with Gasteiger partial charge in [-0.3, -0.25) is 4.79 Å². The van der Waals surface area contributed by atoms with Crippen LogP contribution in [-0.2, 0) is 28.8 Å². The van der Waals surface area contributed by atoms with E-state index in [1.54, 1.807) is 31.4 Å². The van der Waals surface area contributed by atoms with Crippen molar-refractivity contribution < 1.29 is 27.4 Å². The quantitative estimate of drug-likeness (QED) is 0.107. The molecule has 0 heterocycles. The van der Waals surface area contributed by atoms with Gasteiger partial charge in [0.15, 0.2) is 9.84 Å². The van der Waals surface area contributed by atoms with E-state index >= 15 is 0 Å². The van der Waals surface area contributed by atoms with Gasteiger partial charge in [-0.15, -0.1) is 0 Å². The van der Waals surface area contributed by atoms with Crippen molar-refractivity contribution >= 4 is 15.8 Å². The highest BCUT2D eigenvalue weighted by molar-refractivity contribution is 7.92. The minimum absolute atomic E-state index is 0.119. The highest BCUT2D eigenvalue weighted by Crippen LogP contribution is 2.32. The lowest BCUT2D eigenvalue weighted by atomic mass is 9.89. The van der Waals surface area contributed by atoms with Gasteiger partial charge in [0.25, 0.3) is 0 Å². The first-order valence-corrected chi connectivity index (χ1v) is 14.5. The fourth-order valence-corrected chi connectivity index (χ4v) is 6.22. The molecule has 0 bridgehead atoms. The maximum atomic E-state index is 13.7. The molecular formula is C29H48O6S. The van der Waals surface area contributed by atoms with Crippen LogP contribution >= 0.6 is 0 Å². The monoisotopic (exact) mass is 524 g/mol. The van der Waals surface area contributed by atoms with Crippen LogP contribution in [0.1, 0.15) is 74.1 Å². The van der Waals surface area contributed by atoms with Crippen molar-refractivity contribution in [3.05, 3.63) is 42.0 Å². The summed E-state index contributed by atoms with van der Waals surface area (Å²) >= 11 is 0. The largest absolute Gasteiger partial charge is 0.465 e. The normalized spacial score (nSPS) is 15.5. The molecule has 0 spiro atoms. The minimum atomic E-state index is -3.56. The van der Waals surface area contributed by atoms with Crippen LogP contribution in [0.15, 0.2) is 46.9 Å². The fraction of sp³-hybridized carbons (Fsp3) is 0.690. The summed E-state index contributed by atoms with van der Waals surface area (Å²) in [6.07, 6.45) is 5.22. The van der Waals surface area contributed by atoms with Gasteiger partial charge in [0.1, 0.15) is 6.79 Å². The zero-order valence-corrected chi connectivity index (χ0v) is 24.4. The number of esters is 1. The van der Waals surface area contributed by atoms with E-state index in [0.717, 1.165) is 24.8 Å². The van der Waals surface area contributed by atoms with Crippen LogP contribution in [-0.4, -0.2) is 46.8 Å². The first-order valence-electron chi connectivity index (χ1n) is 13.0. The van der Waals surface area contributed by atoms with Gasteiger partial charge >= 0.3 is 5.97 Å². The molecule has 206 valence electrons. The molecule has 0 aromatic heterocycles. The number of carbonyl (C=O) groups excluding carboxylic acids is 1. The summed E-state index contributed by atoms with van der Waals surface area (Å²) in [6, 6.07) is 8.69. The number of sulfone groups is 1. The first-order chi connectivity index (χ1) is 16.8. The Labute approximate surface area is 219 Å². The summed E-state index contributed by atoms with van der Waals surface area (Å²) < 4.78 is 43.5. The summed E-state index contributed by atoms with van der Waals surface area (Å²) in [4.78, 5) is 12.3. The first kappa shape index (κ1) is 32.3. The van der Waals surface area contributed by atoms with Gasteiger partial charge in [-0.1, -0.05) is 50.6 Å². The molecule has 1 unspecified atom stereocenters. The van der Waals surface area contributed by atoms with Crippen LogP contribution in [0.2, 0.25) is 0 Å². The average Bonchev–Trinajstić information content (AvgIpc) is 2.80. The molecule has 0 saturated carbocycles. The number of carbonyl (C=O) groups is 1. The van der Waals surface area contributed by atoms with E-state index in [-0.39, 0.29) is 24.6 Å². The number of hydrogen-bond acceptors (Lipinski definition) is 6. The van der Waals surface area contributed by atoms with Gasteiger partial charge in [-0.05, 0) is 77.3 Å². The third kappa shape index (κ3) is 11.1. The maximum absolute atomic E-state index is 13.7. The Morgan fingerprint density at radius 3 is 2.25 bits per heavy atom. The number of benzene rings is 1. The smallest absolute Gasteiger partial charge is 0.311 e.